The van der Waals surface area contributed by atoms with Gasteiger partial charge in [0.1, 0.15) is 0 Å². The molecule has 1 aromatic rings. The van der Waals surface area contributed by atoms with Gasteiger partial charge in [-0.05, 0) is 30.7 Å². The van der Waals surface area contributed by atoms with E-state index in [-0.39, 0.29) is 6.04 Å². The molecule has 2 saturated heterocycles. The molecule has 0 aromatic heterocycles. The van der Waals surface area contributed by atoms with Gasteiger partial charge in [0, 0.05) is 31.1 Å². The van der Waals surface area contributed by atoms with E-state index in [0.29, 0.717) is 5.91 Å². The molecule has 114 valence electrons. The van der Waals surface area contributed by atoms with Crippen LogP contribution in [0.5, 0.6) is 0 Å². The number of benzene rings is 1. The van der Waals surface area contributed by atoms with Crippen LogP contribution in [0.1, 0.15) is 18.4 Å². The molecule has 2 heterocycles. The molecule has 1 atom stereocenters. The van der Waals surface area contributed by atoms with Crippen molar-refractivity contribution in [2.24, 2.45) is 5.92 Å². The lowest BCUT2D eigenvalue weighted by Crippen LogP contribution is -2.52. The van der Waals surface area contributed by atoms with Crippen LogP contribution in [-0.2, 0) is 11.2 Å². The first-order valence-electron chi connectivity index (χ1n) is 7.97. The lowest BCUT2D eigenvalue weighted by molar-refractivity contribution is -0.134. The summed E-state index contributed by atoms with van der Waals surface area (Å²) in [7, 11) is 0. The second-order valence-corrected chi connectivity index (χ2v) is 7.19. The third kappa shape index (κ3) is 4.01. The number of carbonyl (C=O) groups excluding carboxylic acids is 1. The van der Waals surface area contributed by atoms with E-state index >= 15 is 0 Å². The van der Waals surface area contributed by atoms with Gasteiger partial charge in [-0.2, -0.15) is 11.8 Å². The van der Waals surface area contributed by atoms with Crippen molar-refractivity contribution in [1.29, 1.82) is 0 Å². The fourth-order valence-electron chi connectivity index (χ4n) is 3.25. The summed E-state index contributed by atoms with van der Waals surface area (Å²) in [5, 5.41) is 3.36. The van der Waals surface area contributed by atoms with Crippen LogP contribution in [0.2, 0.25) is 0 Å². The number of rotatable bonds is 3. The fourth-order valence-corrected chi connectivity index (χ4v) is 4.17. The Kier molecular flexibility index (Phi) is 5.20. The fraction of sp³-hybridized carbons (Fsp3) is 0.588. The Morgan fingerprint density at radius 2 is 2.00 bits per heavy atom. The van der Waals surface area contributed by atoms with E-state index in [1.54, 1.807) is 0 Å². The summed E-state index contributed by atoms with van der Waals surface area (Å²) in [6.45, 7) is 2.82. The van der Waals surface area contributed by atoms with Crippen molar-refractivity contribution in [3.8, 4) is 0 Å². The molecule has 0 aliphatic carbocycles. The molecular formula is C17H24N2OS. The van der Waals surface area contributed by atoms with Gasteiger partial charge in [0.15, 0.2) is 0 Å². The molecule has 0 saturated carbocycles. The van der Waals surface area contributed by atoms with Gasteiger partial charge < -0.3 is 10.2 Å². The van der Waals surface area contributed by atoms with Crippen LogP contribution >= 0.6 is 11.8 Å². The van der Waals surface area contributed by atoms with Gasteiger partial charge in [-0.25, -0.2) is 0 Å². The molecule has 2 fully saturated rings. The number of piperidine rings is 1. The highest BCUT2D eigenvalue weighted by atomic mass is 32.2. The van der Waals surface area contributed by atoms with E-state index in [1.807, 2.05) is 11.8 Å². The Hall–Kier alpha value is -1.00. The highest BCUT2D eigenvalue weighted by Crippen LogP contribution is 2.22. The molecule has 0 bridgehead atoms. The zero-order valence-electron chi connectivity index (χ0n) is 12.5. The molecule has 0 radical (unpaired) electrons. The van der Waals surface area contributed by atoms with Gasteiger partial charge in [-0.3, -0.25) is 4.79 Å². The number of thioether (sulfide) groups is 1. The number of carbonyl (C=O) groups is 1. The van der Waals surface area contributed by atoms with Crippen molar-refractivity contribution in [3.05, 3.63) is 35.9 Å². The van der Waals surface area contributed by atoms with Gasteiger partial charge in [-0.1, -0.05) is 30.3 Å². The maximum atomic E-state index is 12.5. The standard InChI is InChI=1S/C17H24N2OS/c20-17(16-13-21-11-8-18-16)19-9-6-15(7-10-19)12-14-4-2-1-3-5-14/h1-5,15-16,18H,6-13H2. The molecule has 3 nitrogen and oxygen atoms in total. The normalized spacial score (nSPS) is 24.0. The minimum absolute atomic E-state index is 0.0504. The predicted octanol–water partition coefficient (Wildman–Crippen LogP) is 2.17. The third-order valence-corrected chi connectivity index (χ3v) is 5.57. The number of likely N-dealkylation sites (tertiary alicyclic amines) is 1. The topological polar surface area (TPSA) is 32.3 Å². The minimum Gasteiger partial charge on any atom is -0.341 e. The quantitative estimate of drug-likeness (QED) is 0.929. The Labute approximate surface area is 131 Å². The number of amides is 1. The Morgan fingerprint density at radius 3 is 2.67 bits per heavy atom. The first-order chi connectivity index (χ1) is 10.3. The predicted molar refractivity (Wildman–Crippen MR) is 88.6 cm³/mol. The van der Waals surface area contributed by atoms with Gasteiger partial charge in [0.25, 0.3) is 0 Å². The molecule has 1 amide bonds. The highest BCUT2D eigenvalue weighted by Gasteiger charge is 2.29. The lowest BCUT2D eigenvalue weighted by Gasteiger charge is -2.35. The summed E-state index contributed by atoms with van der Waals surface area (Å²) < 4.78 is 0. The summed E-state index contributed by atoms with van der Waals surface area (Å²) in [6, 6.07) is 10.8. The van der Waals surface area contributed by atoms with Crippen LogP contribution in [0.15, 0.2) is 30.3 Å². The van der Waals surface area contributed by atoms with Crippen molar-refractivity contribution in [2.45, 2.75) is 25.3 Å². The van der Waals surface area contributed by atoms with Crippen LogP contribution in [0, 0.1) is 5.92 Å². The van der Waals surface area contributed by atoms with Gasteiger partial charge in [0.05, 0.1) is 6.04 Å². The van der Waals surface area contributed by atoms with Gasteiger partial charge >= 0.3 is 0 Å². The summed E-state index contributed by atoms with van der Waals surface area (Å²) in [4.78, 5) is 14.5. The molecule has 21 heavy (non-hydrogen) atoms. The maximum Gasteiger partial charge on any atom is 0.240 e. The Bertz CT molecular complexity index is 451. The van der Waals surface area contributed by atoms with E-state index in [1.165, 1.54) is 5.56 Å². The summed E-state index contributed by atoms with van der Waals surface area (Å²) in [5.41, 5.74) is 1.42. The largest absolute Gasteiger partial charge is 0.341 e. The number of hydrogen-bond donors (Lipinski definition) is 1. The van der Waals surface area contributed by atoms with Crippen LogP contribution in [0.25, 0.3) is 0 Å². The molecule has 1 unspecified atom stereocenters. The van der Waals surface area contributed by atoms with E-state index in [0.717, 1.165) is 56.3 Å². The van der Waals surface area contributed by atoms with Crippen LogP contribution in [0.4, 0.5) is 0 Å². The van der Waals surface area contributed by atoms with E-state index in [2.05, 4.69) is 40.5 Å². The van der Waals surface area contributed by atoms with Crippen LogP contribution in [-0.4, -0.2) is 48.0 Å². The smallest absolute Gasteiger partial charge is 0.240 e. The molecule has 0 spiro atoms. The summed E-state index contributed by atoms with van der Waals surface area (Å²) >= 11 is 1.89. The second-order valence-electron chi connectivity index (χ2n) is 6.04. The average molecular weight is 304 g/mol. The van der Waals surface area contributed by atoms with Gasteiger partial charge in [0.2, 0.25) is 5.91 Å². The zero-order valence-corrected chi connectivity index (χ0v) is 13.3. The second kappa shape index (κ2) is 7.32. The van der Waals surface area contributed by atoms with E-state index in [4.69, 9.17) is 0 Å². The van der Waals surface area contributed by atoms with E-state index in [9.17, 15) is 4.79 Å². The van der Waals surface area contributed by atoms with Crippen molar-refractivity contribution < 1.29 is 4.79 Å². The van der Waals surface area contributed by atoms with Gasteiger partial charge in [-0.15, -0.1) is 0 Å². The highest BCUT2D eigenvalue weighted by molar-refractivity contribution is 7.99. The Morgan fingerprint density at radius 1 is 1.24 bits per heavy atom. The monoisotopic (exact) mass is 304 g/mol. The average Bonchev–Trinajstić information content (AvgIpc) is 2.57. The maximum absolute atomic E-state index is 12.5. The van der Waals surface area contributed by atoms with Crippen molar-refractivity contribution in [2.75, 3.05) is 31.1 Å². The molecule has 1 aromatic carbocycles. The molecule has 1 N–H and O–H groups in total. The number of nitrogens with zero attached hydrogens (tertiary/aromatic N) is 1. The summed E-state index contributed by atoms with van der Waals surface area (Å²) in [5.74, 6) is 3.11. The minimum atomic E-state index is 0.0504. The van der Waals surface area contributed by atoms with E-state index < -0.39 is 0 Å². The number of hydrogen-bond acceptors (Lipinski definition) is 3. The summed E-state index contributed by atoms with van der Waals surface area (Å²) in [6.07, 6.45) is 3.43. The van der Waals surface area contributed by atoms with Crippen LogP contribution < -0.4 is 5.32 Å². The first-order valence-corrected chi connectivity index (χ1v) is 9.12. The SMILES string of the molecule is O=C(C1CSCCN1)N1CCC(Cc2ccccc2)CC1. The first kappa shape index (κ1) is 14.9. The molecule has 2 aliphatic rings. The number of nitrogens with one attached hydrogen (secondary N) is 1. The van der Waals surface area contributed by atoms with Crippen molar-refractivity contribution in [3.63, 3.8) is 0 Å². The van der Waals surface area contributed by atoms with Crippen molar-refractivity contribution >= 4 is 17.7 Å². The van der Waals surface area contributed by atoms with Crippen molar-refractivity contribution in [1.82, 2.24) is 10.2 Å². The van der Waals surface area contributed by atoms with Crippen LogP contribution in [0.3, 0.4) is 0 Å². The zero-order chi connectivity index (χ0) is 14.5. The lowest BCUT2D eigenvalue weighted by atomic mass is 9.90. The molecule has 3 rings (SSSR count). The molecular weight excluding hydrogens is 280 g/mol. The molecule has 4 heteroatoms. The third-order valence-electron chi connectivity index (χ3n) is 4.51. The molecule has 2 aliphatic heterocycles. The Balaban J connectivity index is 1.47.